The van der Waals surface area contributed by atoms with Crippen LogP contribution in [-0.4, -0.2) is 26.0 Å². The van der Waals surface area contributed by atoms with Gasteiger partial charge in [-0.1, -0.05) is 12.1 Å². The van der Waals surface area contributed by atoms with E-state index in [1.807, 2.05) is 18.2 Å². The van der Waals surface area contributed by atoms with Crippen LogP contribution in [-0.2, 0) is 9.47 Å². The number of ether oxygens (including phenoxy) is 2. The second-order valence-electron chi connectivity index (χ2n) is 3.64. The molecular weight excluding hydrogens is 204 g/mol. The summed E-state index contributed by atoms with van der Waals surface area (Å²) in [7, 11) is 0. The molecule has 0 spiro atoms. The van der Waals surface area contributed by atoms with Crippen molar-refractivity contribution in [2.24, 2.45) is 0 Å². The van der Waals surface area contributed by atoms with Crippen molar-refractivity contribution in [1.82, 2.24) is 0 Å². The minimum atomic E-state index is 0.167. The summed E-state index contributed by atoms with van der Waals surface area (Å²) < 4.78 is 10.5. The third kappa shape index (κ3) is 2.72. The van der Waals surface area contributed by atoms with Crippen molar-refractivity contribution in [1.29, 1.82) is 5.26 Å². The number of nitrogens with zero attached hydrogens (tertiary/aromatic N) is 1. The Morgan fingerprint density at radius 3 is 3.06 bits per heavy atom. The lowest BCUT2D eigenvalue weighted by Crippen LogP contribution is -2.30. The first-order valence-electron chi connectivity index (χ1n) is 5.32. The molecule has 2 rings (SSSR count). The number of rotatable bonds is 3. The fraction of sp³-hybridized carbons (Fsp3) is 0.417. The van der Waals surface area contributed by atoms with E-state index in [2.05, 4.69) is 11.4 Å². The van der Waals surface area contributed by atoms with Crippen molar-refractivity contribution in [2.45, 2.75) is 12.5 Å². The number of anilines is 1. The molecule has 0 bridgehead atoms. The monoisotopic (exact) mass is 218 g/mol. The molecule has 4 nitrogen and oxygen atoms in total. The Kier molecular flexibility index (Phi) is 3.76. The molecule has 4 heteroatoms. The van der Waals surface area contributed by atoms with Gasteiger partial charge in [-0.3, -0.25) is 0 Å². The van der Waals surface area contributed by atoms with Gasteiger partial charge < -0.3 is 14.8 Å². The van der Waals surface area contributed by atoms with Crippen LogP contribution in [0.1, 0.15) is 12.0 Å². The van der Waals surface area contributed by atoms with Gasteiger partial charge in [-0.25, -0.2) is 0 Å². The first-order chi connectivity index (χ1) is 7.90. The van der Waals surface area contributed by atoms with Crippen molar-refractivity contribution in [3.63, 3.8) is 0 Å². The lowest BCUT2D eigenvalue weighted by molar-refractivity contribution is -0.133. The van der Waals surface area contributed by atoms with E-state index >= 15 is 0 Å². The second kappa shape index (κ2) is 5.50. The lowest BCUT2D eigenvalue weighted by atomic mass is 10.2. The molecule has 1 saturated heterocycles. The van der Waals surface area contributed by atoms with E-state index in [4.69, 9.17) is 14.7 Å². The van der Waals surface area contributed by atoms with Crippen LogP contribution in [0, 0.1) is 11.3 Å². The summed E-state index contributed by atoms with van der Waals surface area (Å²) >= 11 is 0. The summed E-state index contributed by atoms with van der Waals surface area (Å²) in [5, 5.41) is 12.1. The van der Waals surface area contributed by atoms with Crippen molar-refractivity contribution >= 4 is 5.69 Å². The number of hydrogen-bond donors (Lipinski definition) is 1. The normalized spacial score (nSPS) is 20.1. The number of nitriles is 1. The number of nitrogens with one attached hydrogen (secondary N) is 1. The molecule has 1 aromatic carbocycles. The Morgan fingerprint density at radius 1 is 1.44 bits per heavy atom. The van der Waals surface area contributed by atoms with Crippen molar-refractivity contribution in [3.8, 4) is 6.07 Å². The highest BCUT2D eigenvalue weighted by Crippen LogP contribution is 2.14. The minimum Gasteiger partial charge on any atom is -0.381 e. The van der Waals surface area contributed by atoms with Crippen molar-refractivity contribution < 1.29 is 9.47 Å². The van der Waals surface area contributed by atoms with Crippen LogP contribution in [0.4, 0.5) is 5.69 Å². The van der Waals surface area contributed by atoms with Crippen LogP contribution in [0.5, 0.6) is 0 Å². The van der Waals surface area contributed by atoms with Gasteiger partial charge in [0.15, 0.2) is 0 Å². The second-order valence-corrected chi connectivity index (χ2v) is 3.64. The van der Waals surface area contributed by atoms with Gasteiger partial charge in [0, 0.05) is 6.54 Å². The largest absolute Gasteiger partial charge is 0.381 e. The minimum absolute atomic E-state index is 0.167. The van der Waals surface area contributed by atoms with Gasteiger partial charge in [0.25, 0.3) is 0 Å². The van der Waals surface area contributed by atoms with Crippen LogP contribution < -0.4 is 5.32 Å². The Bertz CT molecular complexity index is 381. The van der Waals surface area contributed by atoms with Crippen LogP contribution >= 0.6 is 0 Å². The third-order valence-electron chi connectivity index (χ3n) is 2.54. The number of para-hydroxylation sites is 1. The smallest absolute Gasteiger partial charge is 0.147 e. The molecular formula is C12H14N2O2. The number of hydrogen-bond acceptors (Lipinski definition) is 4. The first kappa shape index (κ1) is 10.9. The van der Waals surface area contributed by atoms with Crippen LogP contribution in [0.2, 0.25) is 0 Å². The van der Waals surface area contributed by atoms with E-state index < -0.39 is 0 Å². The summed E-state index contributed by atoms with van der Waals surface area (Å²) in [5.74, 6) is 0. The van der Waals surface area contributed by atoms with E-state index in [-0.39, 0.29) is 6.10 Å². The van der Waals surface area contributed by atoms with Crippen LogP contribution in [0.15, 0.2) is 24.3 Å². The molecule has 1 heterocycles. The molecule has 1 aliphatic rings. The first-order valence-corrected chi connectivity index (χ1v) is 5.32. The standard InChI is InChI=1S/C12H14N2O2/c13-7-10-3-1-2-4-12(10)14-8-11-5-6-15-9-16-11/h1-4,11,14H,5-6,8-9H2. The predicted octanol–water partition coefficient (Wildman–Crippen LogP) is 1.73. The average molecular weight is 218 g/mol. The Balaban J connectivity index is 1.91. The molecule has 0 amide bonds. The van der Waals surface area contributed by atoms with Gasteiger partial charge in [-0.15, -0.1) is 0 Å². The Labute approximate surface area is 94.8 Å². The SMILES string of the molecule is N#Cc1ccccc1NCC1CCOCO1. The molecule has 1 aliphatic heterocycles. The summed E-state index contributed by atoms with van der Waals surface area (Å²) in [4.78, 5) is 0. The lowest BCUT2D eigenvalue weighted by Gasteiger charge is -2.23. The molecule has 0 aromatic heterocycles. The fourth-order valence-corrected chi connectivity index (χ4v) is 1.62. The summed E-state index contributed by atoms with van der Waals surface area (Å²) in [6.45, 7) is 1.82. The third-order valence-corrected chi connectivity index (χ3v) is 2.54. The van der Waals surface area contributed by atoms with Gasteiger partial charge >= 0.3 is 0 Å². The van der Waals surface area contributed by atoms with Crippen LogP contribution in [0.25, 0.3) is 0 Å². The maximum absolute atomic E-state index is 8.91. The van der Waals surface area contributed by atoms with Gasteiger partial charge in [0.05, 0.1) is 24.0 Å². The molecule has 1 fully saturated rings. The van der Waals surface area contributed by atoms with E-state index in [9.17, 15) is 0 Å². The van der Waals surface area contributed by atoms with Gasteiger partial charge in [0.1, 0.15) is 12.9 Å². The van der Waals surface area contributed by atoms with Gasteiger partial charge in [-0.05, 0) is 18.6 Å². The van der Waals surface area contributed by atoms with E-state index in [1.165, 1.54) is 0 Å². The highest BCUT2D eigenvalue weighted by molar-refractivity contribution is 5.57. The summed E-state index contributed by atoms with van der Waals surface area (Å²) in [6.07, 6.45) is 1.06. The van der Waals surface area contributed by atoms with E-state index in [1.54, 1.807) is 6.07 Å². The molecule has 0 radical (unpaired) electrons. The molecule has 1 unspecified atom stereocenters. The molecule has 0 aliphatic carbocycles. The van der Waals surface area contributed by atoms with E-state index in [0.717, 1.165) is 18.7 Å². The molecule has 1 N–H and O–H groups in total. The van der Waals surface area contributed by atoms with E-state index in [0.29, 0.717) is 18.9 Å². The Hall–Kier alpha value is -1.57. The van der Waals surface area contributed by atoms with Gasteiger partial charge in [0.2, 0.25) is 0 Å². The summed E-state index contributed by atoms with van der Waals surface area (Å²) in [6, 6.07) is 9.62. The highest BCUT2D eigenvalue weighted by atomic mass is 16.7. The zero-order chi connectivity index (χ0) is 11.2. The number of benzene rings is 1. The van der Waals surface area contributed by atoms with Crippen molar-refractivity contribution in [3.05, 3.63) is 29.8 Å². The van der Waals surface area contributed by atoms with Crippen LogP contribution in [0.3, 0.4) is 0 Å². The summed E-state index contributed by atoms with van der Waals surface area (Å²) in [5.41, 5.74) is 1.52. The quantitative estimate of drug-likeness (QED) is 0.839. The molecule has 1 aromatic rings. The zero-order valence-electron chi connectivity index (χ0n) is 8.98. The molecule has 1 atom stereocenters. The predicted molar refractivity (Wildman–Crippen MR) is 60.0 cm³/mol. The molecule has 0 saturated carbocycles. The van der Waals surface area contributed by atoms with Gasteiger partial charge in [-0.2, -0.15) is 5.26 Å². The molecule has 84 valence electrons. The Morgan fingerprint density at radius 2 is 2.31 bits per heavy atom. The van der Waals surface area contributed by atoms with Crippen molar-refractivity contribution in [2.75, 3.05) is 25.3 Å². The zero-order valence-corrected chi connectivity index (χ0v) is 8.98. The fourth-order valence-electron chi connectivity index (χ4n) is 1.62. The topological polar surface area (TPSA) is 54.3 Å². The molecule has 16 heavy (non-hydrogen) atoms. The highest BCUT2D eigenvalue weighted by Gasteiger charge is 2.14. The average Bonchev–Trinajstić information content (AvgIpc) is 2.38. The maximum Gasteiger partial charge on any atom is 0.147 e. The maximum atomic E-state index is 8.91.